The SMILES string of the molecule is O=C(Nc1c2c(nn1-c1ccc(F)cc1)CS(=O)(=O)C2)c1ccccc1C(F)(F)F. The highest BCUT2D eigenvalue weighted by Gasteiger charge is 2.37. The normalized spacial score (nSPS) is 15.1. The molecule has 6 nitrogen and oxygen atoms in total. The van der Waals surface area contributed by atoms with Gasteiger partial charge in [-0.15, -0.1) is 0 Å². The molecule has 0 atom stereocenters. The van der Waals surface area contributed by atoms with E-state index in [0.29, 0.717) is 5.69 Å². The van der Waals surface area contributed by atoms with E-state index in [0.717, 1.165) is 30.3 Å². The van der Waals surface area contributed by atoms with Crippen LogP contribution in [0, 0.1) is 5.82 Å². The topological polar surface area (TPSA) is 81.1 Å². The first kappa shape index (κ1) is 20.1. The van der Waals surface area contributed by atoms with Gasteiger partial charge in [0.1, 0.15) is 11.6 Å². The van der Waals surface area contributed by atoms with E-state index in [2.05, 4.69) is 10.4 Å². The van der Waals surface area contributed by atoms with Gasteiger partial charge in [-0.3, -0.25) is 4.79 Å². The second-order valence-corrected chi connectivity index (χ2v) is 8.76. The molecule has 1 N–H and O–H groups in total. The highest BCUT2D eigenvalue weighted by molar-refractivity contribution is 7.90. The molecule has 1 aliphatic heterocycles. The maximum atomic E-state index is 13.3. The number of nitrogens with zero attached hydrogens (tertiary/aromatic N) is 2. The number of sulfone groups is 1. The van der Waals surface area contributed by atoms with Crippen molar-refractivity contribution in [2.75, 3.05) is 5.32 Å². The Kier molecular flexibility index (Phi) is 4.64. The number of anilines is 1. The highest BCUT2D eigenvalue weighted by Crippen LogP contribution is 2.35. The number of alkyl halides is 3. The zero-order valence-electron chi connectivity index (χ0n) is 15.1. The smallest absolute Gasteiger partial charge is 0.306 e. The fourth-order valence-electron chi connectivity index (χ4n) is 3.24. The summed E-state index contributed by atoms with van der Waals surface area (Å²) in [6.45, 7) is 0. The molecule has 30 heavy (non-hydrogen) atoms. The first-order valence-electron chi connectivity index (χ1n) is 8.60. The third-order valence-corrected chi connectivity index (χ3v) is 6.01. The Labute approximate surface area is 168 Å². The molecule has 156 valence electrons. The van der Waals surface area contributed by atoms with Crippen LogP contribution in [0.4, 0.5) is 23.4 Å². The second-order valence-electron chi connectivity index (χ2n) is 6.69. The number of carbonyl (C=O) groups excluding carboxylic acids is 1. The van der Waals surface area contributed by atoms with E-state index in [-0.39, 0.29) is 22.8 Å². The fraction of sp³-hybridized carbons (Fsp3) is 0.158. The summed E-state index contributed by atoms with van der Waals surface area (Å²) in [5.74, 6) is -2.44. The van der Waals surface area contributed by atoms with Gasteiger partial charge in [0.25, 0.3) is 5.91 Å². The number of aromatic nitrogens is 2. The minimum atomic E-state index is -4.75. The lowest BCUT2D eigenvalue weighted by Gasteiger charge is -2.14. The third kappa shape index (κ3) is 3.67. The molecule has 4 rings (SSSR count). The van der Waals surface area contributed by atoms with Crippen LogP contribution >= 0.6 is 0 Å². The van der Waals surface area contributed by atoms with Crippen molar-refractivity contribution >= 4 is 21.6 Å². The molecule has 1 amide bonds. The lowest BCUT2D eigenvalue weighted by molar-refractivity contribution is -0.137. The molecule has 11 heteroatoms. The molecule has 0 fully saturated rings. The molecule has 0 saturated carbocycles. The van der Waals surface area contributed by atoms with Gasteiger partial charge in [-0.05, 0) is 36.4 Å². The van der Waals surface area contributed by atoms with Gasteiger partial charge in [0.15, 0.2) is 9.84 Å². The van der Waals surface area contributed by atoms with Crippen LogP contribution < -0.4 is 5.32 Å². The average Bonchev–Trinajstić information content (AvgIpc) is 3.14. The van der Waals surface area contributed by atoms with Crippen LogP contribution in [0.1, 0.15) is 27.2 Å². The largest absolute Gasteiger partial charge is 0.417 e. The Hall–Kier alpha value is -3.21. The van der Waals surface area contributed by atoms with Crippen LogP contribution in [0.25, 0.3) is 5.69 Å². The lowest BCUT2D eigenvalue weighted by Crippen LogP contribution is -2.21. The summed E-state index contributed by atoms with van der Waals surface area (Å²) < 4.78 is 78.2. The first-order chi connectivity index (χ1) is 14.0. The predicted molar refractivity (Wildman–Crippen MR) is 99.2 cm³/mol. The molecule has 0 spiro atoms. The number of carbonyl (C=O) groups is 1. The van der Waals surface area contributed by atoms with Crippen molar-refractivity contribution in [1.82, 2.24) is 9.78 Å². The van der Waals surface area contributed by atoms with E-state index in [4.69, 9.17) is 0 Å². The summed E-state index contributed by atoms with van der Waals surface area (Å²) in [5.41, 5.74) is -1.07. The number of amides is 1. The summed E-state index contributed by atoms with van der Waals surface area (Å²) in [5, 5.41) is 6.56. The highest BCUT2D eigenvalue weighted by atomic mass is 32.2. The predicted octanol–water partition coefficient (Wildman–Crippen LogP) is 3.71. The second kappa shape index (κ2) is 6.94. The number of hydrogen-bond acceptors (Lipinski definition) is 4. The number of halogens is 4. The number of fused-ring (bicyclic) bond motifs is 1. The summed E-state index contributed by atoms with van der Waals surface area (Å²) in [6, 6.07) is 9.24. The maximum absolute atomic E-state index is 13.3. The van der Waals surface area contributed by atoms with Gasteiger partial charge < -0.3 is 5.32 Å². The van der Waals surface area contributed by atoms with Gasteiger partial charge in [-0.25, -0.2) is 17.5 Å². The van der Waals surface area contributed by atoms with Crippen LogP contribution in [0.2, 0.25) is 0 Å². The van der Waals surface area contributed by atoms with Crippen LogP contribution in [-0.2, 0) is 27.5 Å². The van der Waals surface area contributed by atoms with Crippen LogP contribution in [0.15, 0.2) is 48.5 Å². The lowest BCUT2D eigenvalue weighted by atomic mass is 10.1. The summed E-state index contributed by atoms with van der Waals surface area (Å²) in [4.78, 5) is 12.7. The molecule has 0 radical (unpaired) electrons. The van der Waals surface area contributed by atoms with Crippen molar-refractivity contribution in [2.45, 2.75) is 17.7 Å². The zero-order valence-corrected chi connectivity index (χ0v) is 15.9. The van der Waals surface area contributed by atoms with E-state index in [9.17, 15) is 30.8 Å². The van der Waals surface area contributed by atoms with Gasteiger partial charge in [0.05, 0.1) is 34.0 Å². The molecular weight excluding hydrogens is 426 g/mol. The molecule has 0 saturated heterocycles. The maximum Gasteiger partial charge on any atom is 0.417 e. The summed E-state index contributed by atoms with van der Waals surface area (Å²) in [6.07, 6.45) is -4.75. The van der Waals surface area contributed by atoms with Crippen LogP contribution in [0.5, 0.6) is 0 Å². The quantitative estimate of drug-likeness (QED) is 0.631. The first-order valence-corrected chi connectivity index (χ1v) is 10.4. The molecule has 3 aromatic rings. The standard InChI is InChI=1S/C19H13F4N3O3S/c20-11-5-7-12(8-6-11)26-17(14-9-30(28,29)10-16(14)25-26)24-18(27)13-3-1-2-4-15(13)19(21,22)23/h1-8H,9-10H2,(H,24,27). The van der Waals surface area contributed by atoms with Crippen molar-refractivity contribution < 1.29 is 30.8 Å². The van der Waals surface area contributed by atoms with Crippen LogP contribution in [-0.4, -0.2) is 24.1 Å². The monoisotopic (exact) mass is 439 g/mol. The van der Waals surface area contributed by atoms with E-state index < -0.39 is 44.6 Å². The van der Waals surface area contributed by atoms with E-state index in [1.54, 1.807) is 0 Å². The van der Waals surface area contributed by atoms with Gasteiger partial charge >= 0.3 is 6.18 Å². The molecule has 0 aliphatic carbocycles. The zero-order chi connectivity index (χ0) is 21.7. The van der Waals surface area contributed by atoms with Crippen LogP contribution in [0.3, 0.4) is 0 Å². The number of nitrogens with one attached hydrogen (secondary N) is 1. The van der Waals surface area contributed by atoms with Crippen molar-refractivity contribution in [3.05, 3.63) is 76.7 Å². The Bertz CT molecular complexity index is 1250. The molecule has 1 aromatic heterocycles. The van der Waals surface area contributed by atoms with Gasteiger partial charge in [0, 0.05) is 5.56 Å². The summed E-state index contributed by atoms with van der Waals surface area (Å²) in [7, 11) is -3.49. The van der Waals surface area contributed by atoms with E-state index in [1.165, 1.54) is 22.9 Å². The van der Waals surface area contributed by atoms with E-state index >= 15 is 0 Å². The van der Waals surface area contributed by atoms with E-state index in [1.807, 2.05) is 0 Å². The van der Waals surface area contributed by atoms with Crippen molar-refractivity contribution in [2.24, 2.45) is 0 Å². The molecule has 2 heterocycles. The van der Waals surface area contributed by atoms with Gasteiger partial charge in [-0.1, -0.05) is 12.1 Å². The van der Waals surface area contributed by atoms with Crippen molar-refractivity contribution in [1.29, 1.82) is 0 Å². The fourth-order valence-corrected chi connectivity index (χ4v) is 4.74. The Morgan fingerprint density at radius 2 is 1.70 bits per heavy atom. The summed E-state index contributed by atoms with van der Waals surface area (Å²) >= 11 is 0. The number of benzene rings is 2. The molecular formula is C19H13F4N3O3S. The molecule has 2 aromatic carbocycles. The Morgan fingerprint density at radius 1 is 1.03 bits per heavy atom. The molecule has 0 bridgehead atoms. The minimum absolute atomic E-state index is 0.0698. The number of hydrogen-bond donors (Lipinski definition) is 1. The molecule has 0 unspecified atom stereocenters. The Balaban J connectivity index is 1.80. The Morgan fingerprint density at radius 3 is 2.37 bits per heavy atom. The van der Waals surface area contributed by atoms with Crippen molar-refractivity contribution in [3.8, 4) is 5.69 Å². The third-order valence-electron chi connectivity index (χ3n) is 4.57. The van der Waals surface area contributed by atoms with Gasteiger partial charge in [-0.2, -0.15) is 18.3 Å². The number of rotatable bonds is 3. The minimum Gasteiger partial charge on any atom is -0.306 e. The molecule has 1 aliphatic rings. The van der Waals surface area contributed by atoms with Crippen molar-refractivity contribution in [3.63, 3.8) is 0 Å². The average molecular weight is 439 g/mol. The van der Waals surface area contributed by atoms with Gasteiger partial charge in [0.2, 0.25) is 0 Å².